The van der Waals surface area contributed by atoms with E-state index in [0.29, 0.717) is 6.07 Å². The van der Waals surface area contributed by atoms with E-state index in [-0.39, 0.29) is 0 Å². The van der Waals surface area contributed by atoms with E-state index in [0.717, 1.165) is 27.1 Å². The number of carbonyl (C=O) groups is 1. The SMILES string of the molecule is C[C@@H](NC(=O)Cn1cc(C#N)c(=O)c2cc(F)c(F)c(F)c21)c1cccc2ccccc12. The monoisotopic (exact) mass is 435 g/mol. The first-order chi connectivity index (χ1) is 15.3. The van der Waals surface area contributed by atoms with E-state index in [9.17, 15) is 28.0 Å². The van der Waals surface area contributed by atoms with Crippen molar-refractivity contribution in [2.45, 2.75) is 19.5 Å². The molecule has 0 unspecified atom stereocenters. The van der Waals surface area contributed by atoms with Crippen molar-refractivity contribution < 1.29 is 18.0 Å². The fraction of sp³-hybridized carbons (Fsp3) is 0.125. The second-order valence-electron chi connectivity index (χ2n) is 7.35. The quantitative estimate of drug-likeness (QED) is 0.485. The van der Waals surface area contributed by atoms with Gasteiger partial charge in [0.1, 0.15) is 18.2 Å². The molecule has 0 aliphatic carbocycles. The number of nitriles is 1. The number of nitrogens with zero attached hydrogens (tertiary/aromatic N) is 2. The maximum absolute atomic E-state index is 14.5. The smallest absolute Gasteiger partial charge is 0.240 e. The Morgan fingerprint density at radius 1 is 1.09 bits per heavy atom. The number of pyridine rings is 1. The summed E-state index contributed by atoms with van der Waals surface area (Å²) < 4.78 is 43.0. The van der Waals surface area contributed by atoms with Gasteiger partial charge in [-0.15, -0.1) is 0 Å². The van der Waals surface area contributed by atoms with Crippen molar-refractivity contribution in [3.63, 3.8) is 0 Å². The van der Waals surface area contributed by atoms with Crippen LogP contribution in [-0.4, -0.2) is 10.5 Å². The van der Waals surface area contributed by atoms with E-state index in [4.69, 9.17) is 0 Å². The zero-order valence-electron chi connectivity index (χ0n) is 16.8. The molecule has 0 aliphatic heterocycles. The molecule has 1 aromatic heterocycles. The molecular formula is C24H16F3N3O2. The number of fused-ring (bicyclic) bond motifs is 2. The molecule has 32 heavy (non-hydrogen) atoms. The molecule has 0 radical (unpaired) electrons. The number of carbonyl (C=O) groups excluding carboxylic acids is 1. The summed E-state index contributed by atoms with van der Waals surface area (Å²) in [5.41, 5.74) is -1.09. The van der Waals surface area contributed by atoms with Gasteiger partial charge >= 0.3 is 0 Å². The molecule has 3 aromatic carbocycles. The predicted molar refractivity (Wildman–Crippen MR) is 113 cm³/mol. The summed E-state index contributed by atoms with van der Waals surface area (Å²) in [6, 6.07) is 15.1. The molecular weight excluding hydrogens is 419 g/mol. The lowest BCUT2D eigenvalue weighted by Crippen LogP contribution is -2.31. The summed E-state index contributed by atoms with van der Waals surface area (Å²) in [6.07, 6.45) is 0.966. The van der Waals surface area contributed by atoms with Gasteiger partial charge < -0.3 is 9.88 Å². The number of hydrogen-bond donors (Lipinski definition) is 1. The highest BCUT2D eigenvalue weighted by Crippen LogP contribution is 2.25. The van der Waals surface area contributed by atoms with Gasteiger partial charge in [0, 0.05) is 6.20 Å². The Hall–Kier alpha value is -4.12. The van der Waals surface area contributed by atoms with Gasteiger partial charge in [0.05, 0.1) is 16.9 Å². The molecule has 1 amide bonds. The Bertz CT molecular complexity index is 1480. The molecule has 8 heteroatoms. The number of nitrogens with one attached hydrogen (secondary N) is 1. The van der Waals surface area contributed by atoms with Gasteiger partial charge in [0.25, 0.3) is 0 Å². The third kappa shape index (κ3) is 3.58. The molecule has 1 N–H and O–H groups in total. The van der Waals surface area contributed by atoms with E-state index in [1.54, 1.807) is 13.0 Å². The summed E-state index contributed by atoms with van der Waals surface area (Å²) >= 11 is 0. The minimum absolute atomic E-state index is 0.419. The van der Waals surface area contributed by atoms with Crippen molar-refractivity contribution in [3.05, 3.63) is 93.5 Å². The number of benzene rings is 3. The highest BCUT2D eigenvalue weighted by molar-refractivity contribution is 5.87. The highest BCUT2D eigenvalue weighted by Gasteiger charge is 2.21. The summed E-state index contributed by atoms with van der Waals surface area (Å²) in [5, 5.41) is 13.4. The topological polar surface area (TPSA) is 74.9 Å². The zero-order valence-corrected chi connectivity index (χ0v) is 16.8. The van der Waals surface area contributed by atoms with E-state index >= 15 is 0 Å². The van der Waals surface area contributed by atoms with Crippen molar-refractivity contribution in [2.24, 2.45) is 0 Å². The first-order valence-electron chi connectivity index (χ1n) is 9.69. The Morgan fingerprint density at radius 3 is 2.56 bits per heavy atom. The van der Waals surface area contributed by atoms with Gasteiger partial charge in [-0.2, -0.15) is 5.26 Å². The first kappa shape index (κ1) is 21.1. The van der Waals surface area contributed by atoms with Crippen LogP contribution in [0.4, 0.5) is 13.2 Å². The largest absolute Gasteiger partial charge is 0.348 e. The van der Waals surface area contributed by atoms with E-state index < -0.39 is 57.8 Å². The summed E-state index contributed by atoms with van der Waals surface area (Å²) in [5.74, 6) is -5.48. The fourth-order valence-corrected chi connectivity index (χ4v) is 3.82. The third-order valence-corrected chi connectivity index (χ3v) is 5.30. The fourth-order valence-electron chi connectivity index (χ4n) is 3.82. The van der Waals surface area contributed by atoms with Gasteiger partial charge in [0.15, 0.2) is 17.5 Å². The van der Waals surface area contributed by atoms with Gasteiger partial charge in [-0.05, 0) is 29.3 Å². The van der Waals surface area contributed by atoms with E-state index in [1.165, 1.54) is 0 Å². The third-order valence-electron chi connectivity index (χ3n) is 5.30. The minimum atomic E-state index is -1.76. The number of amides is 1. The van der Waals surface area contributed by atoms with Gasteiger partial charge in [-0.1, -0.05) is 42.5 Å². The van der Waals surface area contributed by atoms with Crippen LogP contribution in [0.1, 0.15) is 24.1 Å². The molecule has 4 aromatic rings. The van der Waals surface area contributed by atoms with Gasteiger partial charge in [-0.3, -0.25) is 9.59 Å². The van der Waals surface area contributed by atoms with Crippen LogP contribution in [0.15, 0.2) is 59.5 Å². The molecule has 4 rings (SSSR count). The highest BCUT2D eigenvalue weighted by atomic mass is 19.2. The molecule has 0 saturated carbocycles. The van der Waals surface area contributed by atoms with Crippen molar-refractivity contribution in [1.29, 1.82) is 5.26 Å². The van der Waals surface area contributed by atoms with Crippen LogP contribution in [-0.2, 0) is 11.3 Å². The predicted octanol–water partition coefficient (Wildman–Crippen LogP) is 4.32. The maximum Gasteiger partial charge on any atom is 0.240 e. The molecule has 0 fully saturated rings. The van der Waals surface area contributed by atoms with Crippen LogP contribution in [0.2, 0.25) is 0 Å². The number of aromatic nitrogens is 1. The van der Waals surface area contributed by atoms with Crippen molar-refractivity contribution in [1.82, 2.24) is 9.88 Å². The average Bonchev–Trinajstić information content (AvgIpc) is 2.78. The van der Waals surface area contributed by atoms with Gasteiger partial charge in [0.2, 0.25) is 11.3 Å². The molecule has 0 saturated heterocycles. The molecule has 0 aliphatic rings. The first-order valence-corrected chi connectivity index (χ1v) is 9.69. The number of hydrogen-bond acceptors (Lipinski definition) is 3. The Morgan fingerprint density at radius 2 is 1.81 bits per heavy atom. The molecule has 1 atom stereocenters. The minimum Gasteiger partial charge on any atom is -0.348 e. The lowest BCUT2D eigenvalue weighted by molar-refractivity contribution is -0.122. The Kier molecular flexibility index (Phi) is 5.41. The maximum atomic E-state index is 14.5. The molecule has 160 valence electrons. The van der Waals surface area contributed by atoms with Crippen LogP contribution < -0.4 is 10.7 Å². The second kappa shape index (κ2) is 8.19. The summed E-state index contributed by atoms with van der Waals surface area (Å²) in [6.45, 7) is 1.27. The summed E-state index contributed by atoms with van der Waals surface area (Å²) in [4.78, 5) is 25.0. The van der Waals surface area contributed by atoms with E-state index in [2.05, 4.69) is 5.32 Å². The van der Waals surface area contributed by atoms with Crippen LogP contribution >= 0.6 is 0 Å². The number of halogens is 3. The summed E-state index contributed by atoms with van der Waals surface area (Å²) in [7, 11) is 0. The Labute approximate surface area is 180 Å². The van der Waals surface area contributed by atoms with Crippen LogP contribution in [0.5, 0.6) is 0 Å². The van der Waals surface area contributed by atoms with Crippen molar-refractivity contribution >= 4 is 27.6 Å². The zero-order chi connectivity index (χ0) is 23.0. The standard InChI is InChI=1S/C24H16F3N3O2/c1-13(16-8-4-6-14-5-2-3-7-17(14)16)29-20(31)12-30-11-15(10-28)24(32)18-9-19(25)21(26)22(27)23(18)30/h2-9,11,13H,12H2,1H3,(H,29,31)/t13-/m1/s1. The van der Waals surface area contributed by atoms with Crippen molar-refractivity contribution in [3.8, 4) is 6.07 Å². The normalized spacial score (nSPS) is 12.0. The van der Waals surface area contributed by atoms with Crippen LogP contribution in [0, 0.1) is 28.8 Å². The molecule has 0 spiro atoms. The lowest BCUT2D eigenvalue weighted by atomic mass is 10.00. The van der Waals surface area contributed by atoms with Crippen LogP contribution in [0.25, 0.3) is 21.7 Å². The molecule has 0 bridgehead atoms. The number of rotatable bonds is 4. The van der Waals surface area contributed by atoms with E-state index in [1.807, 2.05) is 42.5 Å². The molecule has 1 heterocycles. The average molecular weight is 435 g/mol. The second-order valence-corrected chi connectivity index (χ2v) is 7.35. The Balaban J connectivity index is 1.71. The van der Waals surface area contributed by atoms with Crippen molar-refractivity contribution in [2.75, 3.05) is 0 Å². The molecule has 5 nitrogen and oxygen atoms in total. The van der Waals surface area contributed by atoms with Crippen LogP contribution in [0.3, 0.4) is 0 Å². The lowest BCUT2D eigenvalue weighted by Gasteiger charge is -2.18. The van der Waals surface area contributed by atoms with Gasteiger partial charge in [-0.25, -0.2) is 13.2 Å².